The minimum Gasteiger partial charge on any atom is -0.391 e. The lowest BCUT2D eigenvalue weighted by atomic mass is 9.85. The van der Waals surface area contributed by atoms with Crippen molar-refractivity contribution in [3.05, 3.63) is 11.9 Å². The minimum absolute atomic E-state index is 0.145. The van der Waals surface area contributed by atoms with E-state index in [2.05, 4.69) is 32.5 Å². The number of nitrogens with one attached hydrogen (secondary N) is 1. The largest absolute Gasteiger partial charge is 0.391 e. The Kier molecular flexibility index (Phi) is 6.78. The summed E-state index contributed by atoms with van der Waals surface area (Å²) in [5.74, 6) is -0.481. The number of β-amino-alcohol motifs (C(OH)–C–C–N with tert-alkyl or cyclic N) is 1. The lowest BCUT2D eigenvalue weighted by molar-refractivity contribution is -0.144. The number of hydrogen-bond donors (Lipinski definition) is 2. The van der Waals surface area contributed by atoms with E-state index < -0.39 is 23.6 Å². The highest BCUT2D eigenvalue weighted by molar-refractivity contribution is 5.90. The van der Waals surface area contributed by atoms with E-state index in [0.717, 1.165) is 31.9 Å². The van der Waals surface area contributed by atoms with E-state index in [1.54, 1.807) is 11.7 Å². The van der Waals surface area contributed by atoms with Gasteiger partial charge >= 0.3 is 0 Å². The average molecular weight is 422 g/mol. The molecule has 2 aliphatic rings. The molecule has 3 atom stereocenters. The Labute approximate surface area is 178 Å². The standard InChI is InChI=1S/C20H35N7O3/c1-20(2,3)17(19(30)26-13-15(28)10-16(26)18(29)21-4)27-12-14(22-23-27)11-25-8-6-24(5)7-9-25/h12,15-17,28H,6-11,13H2,1-5H3,(H,21,29)/t15?,16-,17?/m1/s1. The second-order valence-corrected chi connectivity index (χ2v) is 9.55. The first-order chi connectivity index (χ1) is 14.1. The van der Waals surface area contributed by atoms with Gasteiger partial charge in [0.05, 0.1) is 18.0 Å². The fourth-order valence-electron chi connectivity index (χ4n) is 4.26. The summed E-state index contributed by atoms with van der Waals surface area (Å²) in [4.78, 5) is 31.9. The molecule has 10 nitrogen and oxygen atoms in total. The molecule has 1 aromatic rings. The molecule has 0 radical (unpaired) electrons. The van der Waals surface area contributed by atoms with Crippen LogP contribution in [0.15, 0.2) is 6.20 Å². The summed E-state index contributed by atoms with van der Waals surface area (Å²) in [6, 6.07) is -1.29. The normalized spacial score (nSPS) is 24.8. The number of amides is 2. The Hall–Kier alpha value is -2.04. The molecule has 2 fully saturated rings. The van der Waals surface area contributed by atoms with Gasteiger partial charge in [0, 0.05) is 52.7 Å². The van der Waals surface area contributed by atoms with Crippen LogP contribution in [0.4, 0.5) is 0 Å². The van der Waals surface area contributed by atoms with Gasteiger partial charge in [0.1, 0.15) is 12.1 Å². The van der Waals surface area contributed by atoms with E-state index in [0.29, 0.717) is 6.54 Å². The number of nitrogens with zero attached hydrogens (tertiary/aromatic N) is 6. The molecule has 2 amide bonds. The molecule has 2 unspecified atom stereocenters. The zero-order valence-corrected chi connectivity index (χ0v) is 18.7. The summed E-state index contributed by atoms with van der Waals surface area (Å²) in [6.07, 6.45) is 1.38. The van der Waals surface area contributed by atoms with E-state index >= 15 is 0 Å². The summed E-state index contributed by atoms with van der Waals surface area (Å²) in [5.41, 5.74) is 0.377. The van der Waals surface area contributed by atoms with Crippen molar-refractivity contribution in [2.75, 3.05) is 46.8 Å². The first-order valence-electron chi connectivity index (χ1n) is 10.6. The van der Waals surface area contributed by atoms with Gasteiger partial charge in [-0.3, -0.25) is 14.5 Å². The van der Waals surface area contributed by atoms with E-state index in [1.807, 2.05) is 27.0 Å². The van der Waals surface area contributed by atoms with Crippen LogP contribution in [0.2, 0.25) is 0 Å². The van der Waals surface area contributed by atoms with Crippen LogP contribution in [0.1, 0.15) is 38.9 Å². The molecule has 2 N–H and O–H groups in total. The van der Waals surface area contributed by atoms with Crippen LogP contribution in [0.25, 0.3) is 0 Å². The number of likely N-dealkylation sites (N-methyl/N-ethyl adjacent to an activating group) is 2. The maximum absolute atomic E-state index is 13.5. The molecule has 168 valence electrons. The van der Waals surface area contributed by atoms with Gasteiger partial charge in [-0.2, -0.15) is 0 Å². The molecule has 0 saturated carbocycles. The first-order valence-corrected chi connectivity index (χ1v) is 10.6. The molecule has 10 heteroatoms. The lowest BCUT2D eigenvalue weighted by Crippen LogP contribution is -2.49. The third kappa shape index (κ3) is 4.98. The molecule has 0 bridgehead atoms. The Morgan fingerprint density at radius 1 is 1.27 bits per heavy atom. The van der Waals surface area contributed by atoms with E-state index in [9.17, 15) is 14.7 Å². The predicted molar refractivity (Wildman–Crippen MR) is 111 cm³/mol. The first kappa shape index (κ1) is 22.6. The third-order valence-electron chi connectivity index (χ3n) is 5.97. The molecule has 30 heavy (non-hydrogen) atoms. The highest BCUT2D eigenvalue weighted by Gasteiger charge is 2.45. The van der Waals surface area contributed by atoms with E-state index in [4.69, 9.17) is 0 Å². The molecule has 0 spiro atoms. The number of carbonyl (C=O) groups is 2. The van der Waals surface area contributed by atoms with Crippen LogP contribution in [-0.2, 0) is 16.1 Å². The van der Waals surface area contributed by atoms with Crippen molar-refractivity contribution in [3.8, 4) is 0 Å². The van der Waals surface area contributed by atoms with Gasteiger partial charge < -0.3 is 20.2 Å². The zero-order valence-electron chi connectivity index (χ0n) is 18.7. The van der Waals surface area contributed by atoms with Crippen molar-refractivity contribution in [2.45, 2.75) is 51.9 Å². The SMILES string of the molecule is CNC(=O)[C@H]1CC(O)CN1C(=O)C(n1cc(CN2CCN(C)CC2)nn1)C(C)(C)C. The minimum atomic E-state index is -0.708. The number of aliphatic hydroxyl groups is 1. The maximum atomic E-state index is 13.5. The van der Waals surface area contributed by atoms with Crippen LogP contribution < -0.4 is 5.32 Å². The Balaban J connectivity index is 1.79. The van der Waals surface area contributed by atoms with E-state index in [-0.39, 0.29) is 24.8 Å². The number of hydrogen-bond acceptors (Lipinski definition) is 7. The predicted octanol–water partition coefficient (Wildman–Crippen LogP) is -0.679. The van der Waals surface area contributed by atoms with Gasteiger partial charge in [-0.15, -0.1) is 5.10 Å². The second-order valence-electron chi connectivity index (χ2n) is 9.55. The fraction of sp³-hybridized carbons (Fsp3) is 0.800. The topological polar surface area (TPSA) is 107 Å². The Bertz CT molecular complexity index is 752. The van der Waals surface area contributed by atoms with Crippen molar-refractivity contribution in [3.63, 3.8) is 0 Å². The van der Waals surface area contributed by atoms with E-state index in [1.165, 1.54) is 4.90 Å². The second kappa shape index (κ2) is 8.99. The van der Waals surface area contributed by atoms with Crippen molar-refractivity contribution in [1.29, 1.82) is 0 Å². The van der Waals surface area contributed by atoms with Crippen LogP contribution in [0.3, 0.4) is 0 Å². The van der Waals surface area contributed by atoms with Crippen LogP contribution in [0, 0.1) is 5.41 Å². The summed E-state index contributed by atoms with van der Waals surface area (Å²) in [6.45, 7) is 10.8. The van der Waals surface area contributed by atoms with Gasteiger partial charge in [-0.25, -0.2) is 4.68 Å². The van der Waals surface area contributed by atoms with Crippen LogP contribution >= 0.6 is 0 Å². The number of aliphatic hydroxyl groups excluding tert-OH is 1. The number of piperazine rings is 1. The number of aromatic nitrogens is 3. The van der Waals surface area contributed by atoms with Gasteiger partial charge in [-0.1, -0.05) is 26.0 Å². The summed E-state index contributed by atoms with van der Waals surface area (Å²) < 4.78 is 1.62. The maximum Gasteiger partial charge on any atom is 0.248 e. The summed E-state index contributed by atoms with van der Waals surface area (Å²) in [5, 5.41) is 21.3. The van der Waals surface area contributed by atoms with Gasteiger partial charge in [-0.05, 0) is 12.5 Å². The highest BCUT2D eigenvalue weighted by atomic mass is 16.3. The molecule has 0 aromatic carbocycles. The molecule has 2 saturated heterocycles. The summed E-state index contributed by atoms with van der Waals surface area (Å²) >= 11 is 0. The van der Waals surface area contributed by atoms with Gasteiger partial charge in [0.25, 0.3) is 0 Å². The lowest BCUT2D eigenvalue weighted by Gasteiger charge is -2.34. The monoisotopic (exact) mass is 421 g/mol. The molecule has 0 aliphatic carbocycles. The van der Waals surface area contributed by atoms with Crippen molar-refractivity contribution in [1.82, 2.24) is 35.0 Å². The number of carbonyl (C=O) groups excluding carboxylic acids is 2. The fourth-order valence-corrected chi connectivity index (χ4v) is 4.26. The van der Waals surface area contributed by atoms with Crippen molar-refractivity contribution < 1.29 is 14.7 Å². The number of rotatable bonds is 5. The van der Waals surface area contributed by atoms with Crippen LogP contribution in [-0.4, -0.2) is 106 Å². The van der Waals surface area contributed by atoms with Crippen molar-refractivity contribution in [2.24, 2.45) is 5.41 Å². The van der Waals surface area contributed by atoms with Crippen molar-refractivity contribution >= 4 is 11.8 Å². The van der Waals surface area contributed by atoms with Gasteiger partial charge in [0.15, 0.2) is 0 Å². The quantitative estimate of drug-likeness (QED) is 0.649. The Morgan fingerprint density at radius 2 is 1.93 bits per heavy atom. The number of likely N-dealkylation sites (tertiary alicyclic amines) is 1. The molecule has 1 aromatic heterocycles. The van der Waals surface area contributed by atoms with Gasteiger partial charge in [0.2, 0.25) is 11.8 Å². The summed E-state index contributed by atoms with van der Waals surface area (Å²) in [7, 11) is 3.66. The third-order valence-corrected chi connectivity index (χ3v) is 5.97. The Morgan fingerprint density at radius 3 is 2.53 bits per heavy atom. The van der Waals surface area contributed by atoms with Crippen LogP contribution in [0.5, 0.6) is 0 Å². The molecule has 3 heterocycles. The molecular formula is C20H35N7O3. The molecule has 2 aliphatic heterocycles. The highest BCUT2D eigenvalue weighted by Crippen LogP contribution is 2.34. The zero-order chi connectivity index (χ0) is 22.1. The molecule has 3 rings (SSSR count). The molecular weight excluding hydrogens is 386 g/mol. The average Bonchev–Trinajstić information content (AvgIpc) is 3.28. The smallest absolute Gasteiger partial charge is 0.248 e.